The number of fused-ring (bicyclic) bond motifs is 1. The van der Waals surface area contributed by atoms with Gasteiger partial charge in [-0.15, -0.1) is 5.10 Å². The van der Waals surface area contributed by atoms with Gasteiger partial charge in [0.05, 0.1) is 18.4 Å². The third-order valence-corrected chi connectivity index (χ3v) is 4.77. The molecule has 0 atom stereocenters. The fourth-order valence-corrected chi connectivity index (χ4v) is 3.33. The van der Waals surface area contributed by atoms with E-state index in [1.165, 1.54) is 11.5 Å². The lowest BCUT2D eigenvalue weighted by atomic mass is 10.2. The normalized spacial score (nSPS) is 13.6. The van der Waals surface area contributed by atoms with Crippen LogP contribution < -0.4 is 15.9 Å². The summed E-state index contributed by atoms with van der Waals surface area (Å²) < 4.78 is 7.06. The van der Waals surface area contributed by atoms with E-state index in [1.807, 2.05) is 0 Å². The van der Waals surface area contributed by atoms with E-state index in [-0.39, 0.29) is 17.9 Å². The molecule has 1 N–H and O–H groups in total. The minimum Gasteiger partial charge on any atom is -0.465 e. The quantitative estimate of drug-likeness (QED) is 0.638. The summed E-state index contributed by atoms with van der Waals surface area (Å²) in [5, 5.41) is 6.80. The number of aromatic nitrogens is 4. The Balaban J connectivity index is 1.55. The number of benzene rings is 1. The van der Waals surface area contributed by atoms with E-state index >= 15 is 0 Å². The smallest absolute Gasteiger partial charge is 0.352 e. The summed E-state index contributed by atoms with van der Waals surface area (Å²) in [5.74, 6) is -0.0539. The largest absolute Gasteiger partial charge is 0.465 e. The van der Waals surface area contributed by atoms with Crippen LogP contribution in [0.4, 0.5) is 11.5 Å². The van der Waals surface area contributed by atoms with E-state index in [1.54, 1.807) is 36.5 Å². The number of rotatable bonds is 5. The maximum absolute atomic E-state index is 12.5. The fraction of sp³-hybridized carbons (Fsp3) is 0.316. The van der Waals surface area contributed by atoms with Crippen molar-refractivity contribution >= 4 is 29.2 Å². The molecule has 0 aliphatic carbocycles. The molecule has 29 heavy (non-hydrogen) atoms. The molecule has 0 bridgehead atoms. The van der Waals surface area contributed by atoms with Crippen molar-refractivity contribution in [2.45, 2.75) is 19.4 Å². The average molecular weight is 396 g/mol. The maximum atomic E-state index is 12.5. The molecule has 0 saturated carbocycles. The van der Waals surface area contributed by atoms with Crippen LogP contribution in [-0.2, 0) is 16.1 Å². The first-order chi connectivity index (χ1) is 14.1. The Bertz CT molecular complexity index is 1130. The molecule has 150 valence electrons. The number of hydrogen-bond acceptors (Lipinski definition) is 7. The lowest BCUT2D eigenvalue weighted by Crippen LogP contribution is -2.28. The first-order valence-electron chi connectivity index (χ1n) is 9.25. The zero-order valence-corrected chi connectivity index (χ0v) is 15.9. The van der Waals surface area contributed by atoms with Gasteiger partial charge in [0.2, 0.25) is 5.91 Å². The number of ether oxygens (including phenoxy) is 1. The van der Waals surface area contributed by atoms with Crippen molar-refractivity contribution in [2.75, 3.05) is 30.4 Å². The number of esters is 1. The number of methoxy groups -OCH3 is 1. The van der Waals surface area contributed by atoms with Crippen LogP contribution in [-0.4, -0.2) is 51.2 Å². The molecule has 1 aliphatic rings. The predicted octanol–water partition coefficient (Wildman–Crippen LogP) is 0.916. The number of carbonyl (C=O) groups is 2. The van der Waals surface area contributed by atoms with E-state index in [0.29, 0.717) is 5.69 Å². The van der Waals surface area contributed by atoms with Crippen LogP contribution in [0.3, 0.4) is 0 Å². The molecule has 2 aromatic heterocycles. The lowest BCUT2D eigenvalue weighted by Gasteiger charge is -2.15. The SMILES string of the molecule is COC(=O)c1ccccc1NC(=O)Cn1nc2nc(N3CCCC3)ccn2c1=O. The molecule has 3 heterocycles. The first-order valence-corrected chi connectivity index (χ1v) is 9.25. The topological polar surface area (TPSA) is 111 Å². The van der Waals surface area contributed by atoms with E-state index in [0.717, 1.165) is 36.4 Å². The van der Waals surface area contributed by atoms with Crippen molar-refractivity contribution in [2.24, 2.45) is 0 Å². The van der Waals surface area contributed by atoms with Gasteiger partial charge in [0, 0.05) is 19.3 Å². The van der Waals surface area contributed by atoms with Crippen molar-refractivity contribution in [1.29, 1.82) is 0 Å². The van der Waals surface area contributed by atoms with Crippen LogP contribution in [0, 0.1) is 0 Å². The highest BCUT2D eigenvalue weighted by atomic mass is 16.5. The van der Waals surface area contributed by atoms with Gasteiger partial charge in [0.15, 0.2) is 0 Å². The number of hydrogen-bond donors (Lipinski definition) is 1. The van der Waals surface area contributed by atoms with Crippen LogP contribution in [0.25, 0.3) is 5.78 Å². The van der Waals surface area contributed by atoms with Gasteiger partial charge in [-0.3, -0.25) is 4.79 Å². The van der Waals surface area contributed by atoms with Crippen molar-refractivity contribution in [3.8, 4) is 0 Å². The van der Waals surface area contributed by atoms with E-state index in [9.17, 15) is 14.4 Å². The molecular formula is C19H20N6O4. The molecule has 0 radical (unpaired) electrons. The number of anilines is 2. The molecule has 1 saturated heterocycles. The Morgan fingerprint density at radius 1 is 1.17 bits per heavy atom. The van der Waals surface area contributed by atoms with Crippen molar-refractivity contribution in [1.82, 2.24) is 19.2 Å². The van der Waals surface area contributed by atoms with Crippen LogP contribution in [0.15, 0.2) is 41.3 Å². The Morgan fingerprint density at radius 2 is 1.93 bits per heavy atom. The Kier molecular flexibility index (Phi) is 4.98. The summed E-state index contributed by atoms with van der Waals surface area (Å²) in [6.45, 7) is 1.54. The zero-order valence-electron chi connectivity index (χ0n) is 15.9. The molecule has 0 unspecified atom stereocenters. The second-order valence-electron chi connectivity index (χ2n) is 6.68. The molecule has 4 rings (SSSR count). The van der Waals surface area contributed by atoms with Crippen molar-refractivity contribution < 1.29 is 14.3 Å². The summed E-state index contributed by atoms with van der Waals surface area (Å²) in [5.41, 5.74) is 0.0649. The third-order valence-electron chi connectivity index (χ3n) is 4.77. The lowest BCUT2D eigenvalue weighted by molar-refractivity contribution is -0.117. The molecule has 10 nitrogen and oxygen atoms in total. The first kappa shape index (κ1) is 18.7. The van der Waals surface area contributed by atoms with Crippen LogP contribution >= 0.6 is 0 Å². The summed E-state index contributed by atoms with van der Waals surface area (Å²) >= 11 is 0. The van der Waals surface area contributed by atoms with Gasteiger partial charge >= 0.3 is 11.7 Å². The van der Waals surface area contributed by atoms with Crippen LogP contribution in [0.1, 0.15) is 23.2 Å². The number of nitrogens with one attached hydrogen (secondary N) is 1. The predicted molar refractivity (Wildman–Crippen MR) is 105 cm³/mol. The maximum Gasteiger partial charge on any atom is 0.352 e. The standard InChI is InChI=1S/C19H20N6O4/c1-29-17(27)13-6-2-3-7-14(13)20-16(26)12-25-19(28)24-11-8-15(21-18(24)22-25)23-9-4-5-10-23/h2-3,6-8,11H,4-5,9-10,12H2,1H3,(H,20,26). The molecule has 1 fully saturated rings. The second-order valence-corrected chi connectivity index (χ2v) is 6.68. The summed E-state index contributed by atoms with van der Waals surface area (Å²) in [6.07, 6.45) is 3.84. The number of amides is 1. The second kappa shape index (κ2) is 7.74. The molecule has 10 heteroatoms. The summed E-state index contributed by atoms with van der Waals surface area (Å²) in [6, 6.07) is 8.25. The summed E-state index contributed by atoms with van der Waals surface area (Å²) in [7, 11) is 1.26. The average Bonchev–Trinajstić information content (AvgIpc) is 3.36. The molecule has 1 amide bonds. The Labute approximate surface area is 165 Å². The van der Waals surface area contributed by atoms with Gasteiger partial charge in [0.1, 0.15) is 12.4 Å². The van der Waals surface area contributed by atoms with Gasteiger partial charge in [-0.25, -0.2) is 18.7 Å². The Morgan fingerprint density at radius 3 is 2.69 bits per heavy atom. The van der Waals surface area contributed by atoms with Crippen LogP contribution in [0.2, 0.25) is 0 Å². The van der Waals surface area contributed by atoms with E-state index in [2.05, 4.69) is 20.3 Å². The Hall–Kier alpha value is -3.69. The van der Waals surface area contributed by atoms with Crippen molar-refractivity contribution in [3.05, 3.63) is 52.6 Å². The summed E-state index contributed by atoms with van der Waals surface area (Å²) in [4.78, 5) is 43.4. The molecule has 0 spiro atoms. The molecular weight excluding hydrogens is 376 g/mol. The third kappa shape index (κ3) is 3.68. The van der Waals surface area contributed by atoms with Gasteiger partial charge < -0.3 is 15.0 Å². The fourth-order valence-electron chi connectivity index (χ4n) is 3.33. The highest BCUT2D eigenvalue weighted by Crippen LogP contribution is 2.18. The van der Waals surface area contributed by atoms with Crippen molar-refractivity contribution in [3.63, 3.8) is 0 Å². The highest BCUT2D eigenvalue weighted by Gasteiger charge is 2.18. The minimum absolute atomic E-state index is 0.225. The molecule has 3 aromatic rings. The zero-order chi connectivity index (χ0) is 20.4. The number of nitrogens with zero attached hydrogens (tertiary/aromatic N) is 5. The monoisotopic (exact) mass is 396 g/mol. The minimum atomic E-state index is -0.565. The van der Waals surface area contributed by atoms with Gasteiger partial charge in [-0.2, -0.15) is 4.98 Å². The number of para-hydroxylation sites is 1. The van der Waals surface area contributed by atoms with Gasteiger partial charge in [-0.1, -0.05) is 12.1 Å². The van der Waals surface area contributed by atoms with Gasteiger partial charge in [-0.05, 0) is 31.0 Å². The number of carbonyl (C=O) groups excluding carboxylic acids is 2. The molecule has 1 aromatic carbocycles. The highest BCUT2D eigenvalue weighted by molar-refractivity contribution is 6.01. The molecule has 1 aliphatic heterocycles. The van der Waals surface area contributed by atoms with E-state index in [4.69, 9.17) is 4.74 Å². The van der Waals surface area contributed by atoms with Crippen LogP contribution in [0.5, 0.6) is 0 Å². The van der Waals surface area contributed by atoms with E-state index < -0.39 is 17.6 Å². The van der Waals surface area contributed by atoms with Gasteiger partial charge in [0.25, 0.3) is 5.78 Å².